The maximum atomic E-state index is 12.4. The molecule has 0 bridgehead atoms. The molecule has 0 aliphatic heterocycles. The number of thioether (sulfide) groups is 1. The average molecular weight is 309 g/mol. The van der Waals surface area contributed by atoms with Crippen LogP contribution in [0.25, 0.3) is 0 Å². The first kappa shape index (κ1) is 16.2. The summed E-state index contributed by atoms with van der Waals surface area (Å²) in [6, 6.07) is -0.511. The van der Waals surface area contributed by atoms with Crippen molar-refractivity contribution in [2.24, 2.45) is 0 Å². The Balaban J connectivity index is 2.73. The van der Waals surface area contributed by atoms with Crippen molar-refractivity contribution >= 4 is 23.6 Å². The third-order valence-corrected chi connectivity index (χ3v) is 2.93. The van der Waals surface area contributed by atoms with Gasteiger partial charge in [-0.1, -0.05) is 11.8 Å². The molecule has 0 saturated carbocycles. The molecular formula is C10H10F3N3O3S. The van der Waals surface area contributed by atoms with Crippen LogP contribution in [0, 0.1) is 0 Å². The SMILES string of the molecule is CC(=O)NC(CSc1nccc(C(F)(F)F)n1)C(=O)O. The number of halogens is 3. The number of carboxylic acid groups (broad SMARTS) is 1. The standard InChI is InChI=1S/C10H10F3N3O3S/c1-5(17)15-6(8(18)19)4-20-9-14-3-2-7(16-9)10(11,12)13/h2-3,6H,4H2,1H3,(H,15,17)(H,18,19). The van der Waals surface area contributed by atoms with Crippen LogP contribution in [0.4, 0.5) is 13.2 Å². The molecule has 0 aliphatic rings. The van der Waals surface area contributed by atoms with Gasteiger partial charge < -0.3 is 10.4 Å². The fourth-order valence-electron chi connectivity index (χ4n) is 1.15. The number of aliphatic carboxylic acids is 1. The van der Waals surface area contributed by atoms with Crippen molar-refractivity contribution in [1.29, 1.82) is 0 Å². The van der Waals surface area contributed by atoms with Crippen LogP contribution in [0.3, 0.4) is 0 Å². The Kier molecular flexibility index (Phi) is 5.31. The molecule has 0 aromatic carbocycles. The number of hydrogen-bond donors (Lipinski definition) is 2. The lowest BCUT2D eigenvalue weighted by molar-refractivity contribution is -0.142. The maximum Gasteiger partial charge on any atom is 0.433 e. The summed E-state index contributed by atoms with van der Waals surface area (Å²) < 4.78 is 37.2. The van der Waals surface area contributed by atoms with E-state index in [0.717, 1.165) is 13.1 Å². The van der Waals surface area contributed by atoms with E-state index >= 15 is 0 Å². The Hall–Kier alpha value is -1.84. The molecule has 20 heavy (non-hydrogen) atoms. The molecule has 110 valence electrons. The zero-order chi connectivity index (χ0) is 15.3. The lowest BCUT2D eigenvalue weighted by Crippen LogP contribution is -2.41. The maximum absolute atomic E-state index is 12.4. The van der Waals surface area contributed by atoms with Gasteiger partial charge in [0.05, 0.1) is 0 Å². The number of nitrogens with one attached hydrogen (secondary N) is 1. The van der Waals surface area contributed by atoms with Crippen LogP contribution in [0.1, 0.15) is 12.6 Å². The zero-order valence-electron chi connectivity index (χ0n) is 10.1. The molecule has 2 N–H and O–H groups in total. The predicted molar refractivity (Wildman–Crippen MR) is 63.0 cm³/mol. The highest BCUT2D eigenvalue weighted by Crippen LogP contribution is 2.28. The van der Waals surface area contributed by atoms with Gasteiger partial charge in [0.15, 0.2) is 5.16 Å². The zero-order valence-corrected chi connectivity index (χ0v) is 11.0. The van der Waals surface area contributed by atoms with Gasteiger partial charge in [0.2, 0.25) is 5.91 Å². The van der Waals surface area contributed by atoms with Crippen LogP contribution in [0.2, 0.25) is 0 Å². The van der Waals surface area contributed by atoms with Crippen molar-refractivity contribution in [1.82, 2.24) is 15.3 Å². The fourth-order valence-corrected chi connectivity index (χ4v) is 1.99. The van der Waals surface area contributed by atoms with Crippen molar-refractivity contribution in [3.8, 4) is 0 Å². The van der Waals surface area contributed by atoms with Gasteiger partial charge in [-0.3, -0.25) is 4.79 Å². The van der Waals surface area contributed by atoms with Gasteiger partial charge in [-0.2, -0.15) is 13.2 Å². The van der Waals surface area contributed by atoms with E-state index in [1.165, 1.54) is 0 Å². The molecular weight excluding hydrogens is 299 g/mol. The summed E-state index contributed by atoms with van der Waals surface area (Å²) in [7, 11) is 0. The second-order valence-corrected chi connectivity index (χ2v) is 4.61. The molecule has 1 unspecified atom stereocenters. The normalized spacial score (nSPS) is 12.8. The Morgan fingerprint density at radius 3 is 2.65 bits per heavy atom. The van der Waals surface area contributed by atoms with Crippen molar-refractivity contribution < 1.29 is 27.9 Å². The van der Waals surface area contributed by atoms with E-state index in [4.69, 9.17) is 5.11 Å². The van der Waals surface area contributed by atoms with Crippen molar-refractivity contribution in [2.75, 3.05) is 5.75 Å². The van der Waals surface area contributed by atoms with Gasteiger partial charge in [0, 0.05) is 18.9 Å². The third-order valence-electron chi connectivity index (χ3n) is 1.98. The average Bonchev–Trinajstić information content (AvgIpc) is 2.33. The number of hydrogen-bond acceptors (Lipinski definition) is 5. The lowest BCUT2D eigenvalue weighted by Gasteiger charge is -2.12. The van der Waals surface area contributed by atoms with E-state index in [9.17, 15) is 22.8 Å². The highest BCUT2D eigenvalue weighted by Gasteiger charge is 2.33. The molecule has 1 aromatic rings. The summed E-state index contributed by atoms with van der Waals surface area (Å²) in [6.07, 6.45) is -3.66. The molecule has 1 heterocycles. The monoisotopic (exact) mass is 309 g/mol. The highest BCUT2D eigenvalue weighted by atomic mass is 32.2. The van der Waals surface area contributed by atoms with Gasteiger partial charge >= 0.3 is 12.1 Å². The molecule has 1 amide bonds. The van der Waals surface area contributed by atoms with Crippen LogP contribution in [-0.4, -0.2) is 38.7 Å². The van der Waals surface area contributed by atoms with E-state index in [2.05, 4.69) is 15.3 Å². The highest BCUT2D eigenvalue weighted by molar-refractivity contribution is 7.99. The second kappa shape index (κ2) is 6.55. The predicted octanol–water partition coefficient (Wildman–Crippen LogP) is 1.18. The molecule has 1 atom stereocenters. The minimum atomic E-state index is -4.60. The van der Waals surface area contributed by atoms with E-state index in [-0.39, 0.29) is 10.9 Å². The quantitative estimate of drug-likeness (QED) is 0.627. The number of rotatable bonds is 5. The van der Waals surface area contributed by atoms with E-state index in [1.807, 2.05) is 0 Å². The lowest BCUT2D eigenvalue weighted by atomic mass is 10.3. The molecule has 10 heteroatoms. The van der Waals surface area contributed by atoms with Crippen LogP contribution in [-0.2, 0) is 15.8 Å². The van der Waals surface area contributed by atoms with Crippen LogP contribution < -0.4 is 5.32 Å². The summed E-state index contributed by atoms with van der Waals surface area (Å²) in [5.74, 6) is -2.03. The van der Waals surface area contributed by atoms with Crippen molar-refractivity contribution in [2.45, 2.75) is 24.3 Å². The van der Waals surface area contributed by atoms with Crippen molar-refractivity contribution in [3.05, 3.63) is 18.0 Å². The van der Waals surface area contributed by atoms with Gasteiger partial charge in [-0.15, -0.1) is 0 Å². The first-order valence-electron chi connectivity index (χ1n) is 5.23. The van der Waals surface area contributed by atoms with E-state index in [1.54, 1.807) is 0 Å². The number of carboxylic acids is 1. The van der Waals surface area contributed by atoms with E-state index in [0.29, 0.717) is 17.8 Å². The Morgan fingerprint density at radius 1 is 1.50 bits per heavy atom. The Labute approximate surface area is 115 Å². The summed E-state index contributed by atoms with van der Waals surface area (Å²) in [5.41, 5.74) is -1.11. The van der Waals surface area contributed by atoms with Gasteiger partial charge in [-0.25, -0.2) is 14.8 Å². The minimum absolute atomic E-state index is 0.184. The summed E-state index contributed by atoms with van der Waals surface area (Å²) in [6.45, 7) is 1.14. The first-order chi connectivity index (χ1) is 9.20. The molecule has 0 radical (unpaired) electrons. The second-order valence-electron chi connectivity index (χ2n) is 3.62. The Bertz CT molecular complexity index is 510. The summed E-state index contributed by atoms with van der Waals surface area (Å²) >= 11 is 0.711. The third kappa shape index (κ3) is 5.03. The molecule has 0 fully saturated rings. The van der Waals surface area contributed by atoms with Crippen molar-refractivity contribution in [3.63, 3.8) is 0 Å². The topological polar surface area (TPSA) is 92.2 Å². The molecule has 0 spiro atoms. The number of carbonyl (C=O) groups excluding carboxylic acids is 1. The fraction of sp³-hybridized carbons (Fsp3) is 0.400. The smallest absolute Gasteiger partial charge is 0.433 e. The molecule has 0 aliphatic carbocycles. The number of amides is 1. The van der Waals surface area contributed by atoms with Gasteiger partial charge in [0.1, 0.15) is 11.7 Å². The number of carbonyl (C=O) groups is 2. The van der Waals surface area contributed by atoms with E-state index < -0.39 is 29.8 Å². The summed E-state index contributed by atoms with van der Waals surface area (Å²) in [5, 5.41) is 10.8. The van der Waals surface area contributed by atoms with Gasteiger partial charge in [0.25, 0.3) is 0 Å². The number of aromatic nitrogens is 2. The summed E-state index contributed by atoms with van der Waals surface area (Å²) in [4.78, 5) is 28.5. The minimum Gasteiger partial charge on any atom is -0.480 e. The van der Waals surface area contributed by atoms with Crippen LogP contribution >= 0.6 is 11.8 Å². The molecule has 0 saturated heterocycles. The molecule has 6 nitrogen and oxygen atoms in total. The van der Waals surface area contributed by atoms with Gasteiger partial charge in [-0.05, 0) is 6.07 Å². The molecule has 1 rings (SSSR count). The number of alkyl halides is 3. The van der Waals surface area contributed by atoms with Crippen LogP contribution in [0.15, 0.2) is 17.4 Å². The first-order valence-corrected chi connectivity index (χ1v) is 6.21. The Morgan fingerprint density at radius 2 is 2.15 bits per heavy atom. The number of nitrogens with zero attached hydrogens (tertiary/aromatic N) is 2. The largest absolute Gasteiger partial charge is 0.480 e. The molecule has 1 aromatic heterocycles. The van der Waals surface area contributed by atoms with Crippen LogP contribution in [0.5, 0.6) is 0 Å².